The molecule has 19 heavy (non-hydrogen) atoms. The molecule has 0 aliphatic carbocycles. The SMILES string of the molecule is ClCc1nc2ccc(Cl)cc2n1Cc1cc(Br)cs1. The Hall–Kier alpha value is -0.550. The Kier molecular flexibility index (Phi) is 3.85. The topological polar surface area (TPSA) is 17.8 Å². The number of halogens is 3. The van der Waals surface area contributed by atoms with Crippen molar-refractivity contribution in [2.24, 2.45) is 0 Å². The summed E-state index contributed by atoms with van der Waals surface area (Å²) in [6.45, 7) is 0.759. The first-order chi connectivity index (χ1) is 9.17. The molecule has 0 aliphatic rings. The Morgan fingerprint density at radius 1 is 1.32 bits per heavy atom. The van der Waals surface area contributed by atoms with Gasteiger partial charge in [0.15, 0.2) is 0 Å². The number of hydrogen-bond acceptors (Lipinski definition) is 2. The third-order valence-electron chi connectivity index (χ3n) is 2.84. The van der Waals surface area contributed by atoms with Gasteiger partial charge < -0.3 is 4.57 Å². The predicted molar refractivity (Wildman–Crippen MR) is 85.4 cm³/mol. The average molecular weight is 376 g/mol. The van der Waals surface area contributed by atoms with Crippen molar-refractivity contribution in [3.8, 4) is 0 Å². The molecular weight excluding hydrogens is 367 g/mol. The van der Waals surface area contributed by atoms with Crippen LogP contribution in [0.15, 0.2) is 34.1 Å². The lowest BCUT2D eigenvalue weighted by Gasteiger charge is -2.06. The van der Waals surface area contributed by atoms with Crippen LogP contribution in [0.4, 0.5) is 0 Å². The second-order valence-corrected chi connectivity index (χ2v) is 6.73. The van der Waals surface area contributed by atoms with E-state index in [2.05, 4.69) is 36.9 Å². The highest BCUT2D eigenvalue weighted by Gasteiger charge is 2.11. The summed E-state index contributed by atoms with van der Waals surface area (Å²) in [4.78, 5) is 5.79. The molecule has 3 aromatic rings. The first-order valence-electron chi connectivity index (χ1n) is 5.61. The van der Waals surface area contributed by atoms with Crippen LogP contribution < -0.4 is 0 Å². The number of hydrogen-bond donors (Lipinski definition) is 0. The molecule has 1 aromatic carbocycles. The summed E-state index contributed by atoms with van der Waals surface area (Å²) >= 11 is 17.2. The van der Waals surface area contributed by atoms with Crippen LogP contribution in [-0.4, -0.2) is 9.55 Å². The average Bonchev–Trinajstić information content (AvgIpc) is 2.94. The lowest BCUT2D eigenvalue weighted by molar-refractivity contribution is 0.789. The number of imidazole rings is 1. The summed E-state index contributed by atoms with van der Waals surface area (Å²) in [6.07, 6.45) is 0. The van der Waals surface area contributed by atoms with Crippen molar-refractivity contribution >= 4 is 61.5 Å². The molecule has 0 spiro atoms. The van der Waals surface area contributed by atoms with Gasteiger partial charge in [-0.15, -0.1) is 22.9 Å². The van der Waals surface area contributed by atoms with Gasteiger partial charge in [-0.1, -0.05) is 11.6 Å². The Bertz CT molecular complexity index is 735. The minimum atomic E-state index is 0.388. The van der Waals surface area contributed by atoms with E-state index < -0.39 is 0 Å². The normalized spacial score (nSPS) is 11.3. The van der Waals surface area contributed by atoms with Crippen LogP contribution in [0.1, 0.15) is 10.7 Å². The first kappa shape index (κ1) is 13.4. The fraction of sp³-hybridized carbons (Fsp3) is 0.154. The van der Waals surface area contributed by atoms with E-state index in [0.717, 1.165) is 27.9 Å². The highest BCUT2D eigenvalue weighted by molar-refractivity contribution is 9.10. The molecule has 98 valence electrons. The Balaban J connectivity index is 2.12. The van der Waals surface area contributed by atoms with E-state index in [1.807, 2.05) is 18.2 Å². The quantitative estimate of drug-likeness (QED) is 0.568. The van der Waals surface area contributed by atoms with Crippen LogP contribution in [0, 0.1) is 0 Å². The van der Waals surface area contributed by atoms with E-state index >= 15 is 0 Å². The lowest BCUT2D eigenvalue weighted by atomic mass is 10.3. The van der Waals surface area contributed by atoms with Crippen molar-refractivity contribution in [3.63, 3.8) is 0 Å². The van der Waals surface area contributed by atoms with Crippen molar-refractivity contribution in [1.82, 2.24) is 9.55 Å². The van der Waals surface area contributed by atoms with Crippen LogP contribution in [0.3, 0.4) is 0 Å². The number of nitrogens with zero attached hydrogens (tertiary/aromatic N) is 2. The molecule has 3 rings (SSSR count). The van der Waals surface area contributed by atoms with Gasteiger partial charge in [-0.3, -0.25) is 0 Å². The van der Waals surface area contributed by atoms with Crippen molar-refractivity contribution in [3.05, 3.63) is 49.8 Å². The van der Waals surface area contributed by atoms with Gasteiger partial charge in [0.2, 0.25) is 0 Å². The third kappa shape index (κ3) is 2.68. The van der Waals surface area contributed by atoms with Gasteiger partial charge in [0.25, 0.3) is 0 Å². The van der Waals surface area contributed by atoms with Gasteiger partial charge in [0.1, 0.15) is 5.82 Å². The molecule has 2 aromatic heterocycles. The zero-order valence-corrected chi connectivity index (χ0v) is 13.7. The predicted octanol–water partition coefficient (Wildman–Crippen LogP) is 5.30. The number of fused-ring (bicyclic) bond motifs is 1. The number of aromatic nitrogens is 2. The van der Waals surface area contributed by atoms with Crippen molar-refractivity contribution < 1.29 is 0 Å². The van der Waals surface area contributed by atoms with Crippen LogP contribution in [0.5, 0.6) is 0 Å². The second-order valence-electron chi connectivity index (χ2n) is 4.11. The summed E-state index contributed by atoms with van der Waals surface area (Å²) in [7, 11) is 0. The van der Waals surface area contributed by atoms with Gasteiger partial charge in [0, 0.05) is 19.8 Å². The summed E-state index contributed by atoms with van der Waals surface area (Å²) in [5.41, 5.74) is 1.95. The van der Waals surface area contributed by atoms with E-state index in [4.69, 9.17) is 23.2 Å². The molecule has 0 fully saturated rings. The van der Waals surface area contributed by atoms with Gasteiger partial charge in [-0.05, 0) is 40.2 Å². The largest absolute Gasteiger partial charge is 0.322 e. The molecule has 0 unspecified atom stereocenters. The number of rotatable bonds is 3. The molecule has 0 saturated carbocycles. The molecule has 0 saturated heterocycles. The monoisotopic (exact) mass is 374 g/mol. The van der Waals surface area contributed by atoms with Crippen molar-refractivity contribution in [2.45, 2.75) is 12.4 Å². The molecule has 6 heteroatoms. The fourth-order valence-corrected chi connectivity index (χ4v) is 3.83. The Morgan fingerprint density at radius 2 is 2.16 bits per heavy atom. The maximum absolute atomic E-state index is 6.07. The van der Waals surface area contributed by atoms with Crippen LogP contribution in [-0.2, 0) is 12.4 Å². The summed E-state index contributed by atoms with van der Waals surface area (Å²) in [5.74, 6) is 1.25. The Labute approximate surface area is 133 Å². The lowest BCUT2D eigenvalue weighted by Crippen LogP contribution is -2.02. The van der Waals surface area contributed by atoms with Crippen LogP contribution >= 0.6 is 50.5 Å². The van der Waals surface area contributed by atoms with Crippen molar-refractivity contribution in [1.29, 1.82) is 0 Å². The maximum Gasteiger partial charge on any atom is 0.125 e. The number of benzene rings is 1. The van der Waals surface area contributed by atoms with E-state index in [-0.39, 0.29) is 0 Å². The smallest absolute Gasteiger partial charge is 0.125 e. The van der Waals surface area contributed by atoms with E-state index in [1.165, 1.54) is 4.88 Å². The number of alkyl halides is 1. The molecular formula is C13H9BrCl2N2S. The fourth-order valence-electron chi connectivity index (χ4n) is 2.02. The number of thiophene rings is 1. The van der Waals surface area contributed by atoms with E-state index in [0.29, 0.717) is 10.9 Å². The van der Waals surface area contributed by atoms with Gasteiger partial charge >= 0.3 is 0 Å². The zero-order chi connectivity index (χ0) is 13.4. The molecule has 0 radical (unpaired) electrons. The molecule has 0 amide bonds. The standard InChI is InChI=1S/C13H9BrCl2N2S/c14-8-3-10(19-7-8)6-18-12-4-9(16)1-2-11(12)17-13(18)5-15/h1-4,7H,5-6H2. The van der Waals surface area contributed by atoms with Crippen molar-refractivity contribution in [2.75, 3.05) is 0 Å². The van der Waals surface area contributed by atoms with Gasteiger partial charge in [-0.25, -0.2) is 4.98 Å². The van der Waals surface area contributed by atoms with Crippen LogP contribution in [0.25, 0.3) is 11.0 Å². The van der Waals surface area contributed by atoms with E-state index in [9.17, 15) is 0 Å². The minimum absolute atomic E-state index is 0.388. The van der Waals surface area contributed by atoms with Gasteiger partial charge in [0.05, 0.1) is 23.5 Å². The zero-order valence-electron chi connectivity index (χ0n) is 9.74. The van der Waals surface area contributed by atoms with Gasteiger partial charge in [-0.2, -0.15) is 0 Å². The molecule has 0 bridgehead atoms. The second kappa shape index (κ2) is 5.44. The van der Waals surface area contributed by atoms with E-state index in [1.54, 1.807) is 11.3 Å². The minimum Gasteiger partial charge on any atom is -0.322 e. The molecule has 0 atom stereocenters. The molecule has 0 N–H and O–H groups in total. The third-order valence-corrected chi connectivity index (χ3v) is 5.00. The molecule has 0 aliphatic heterocycles. The Morgan fingerprint density at radius 3 is 2.84 bits per heavy atom. The molecule has 2 heterocycles. The summed E-state index contributed by atoms with van der Waals surface area (Å²) < 4.78 is 3.22. The highest BCUT2D eigenvalue weighted by Crippen LogP contribution is 2.26. The summed E-state index contributed by atoms with van der Waals surface area (Å²) in [6, 6.07) is 7.82. The summed E-state index contributed by atoms with van der Waals surface area (Å²) in [5, 5.41) is 2.78. The first-order valence-corrected chi connectivity index (χ1v) is 8.19. The maximum atomic E-state index is 6.07. The highest BCUT2D eigenvalue weighted by atomic mass is 79.9. The van der Waals surface area contributed by atoms with Crippen LogP contribution in [0.2, 0.25) is 5.02 Å². The molecule has 2 nitrogen and oxygen atoms in total.